The Hall–Kier alpha value is -2.60. The van der Waals surface area contributed by atoms with E-state index in [0.717, 1.165) is 12.2 Å². The molecule has 0 saturated carbocycles. The van der Waals surface area contributed by atoms with Crippen LogP contribution in [0, 0.1) is 0 Å². The van der Waals surface area contributed by atoms with E-state index >= 15 is 0 Å². The molecule has 1 amide bonds. The van der Waals surface area contributed by atoms with Gasteiger partial charge in [0.05, 0.1) is 0 Å². The monoisotopic (exact) mass is 372 g/mol. The summed E-state index contributed by atoms with van der Waals surface area (Å²) in [5.74, 6) is 1.24. The summed E-state index contributed by atoms with van der Waals surface area (Å²) in [6.07, 6.45) is 0.927. The number of benzene rings is 2. The van der Waals surface area contributed by atoms with Crippen molar-refractivity contribution < 1.29 is 14.3 Å². The van der Waals surface area contributed by atoms with E-state index in [0.29, 0.717) is 29.6 Å². The van der Waals surface area contributed by atoms with Crippen LogP contribution in [0.25, 0.3) is 0 Å². The second kappa shape index (κ2) is 10.4. The lowest BCUT2D eigenvalue weighted by Gasteiger charge is -2.14. The smallest absolute Gasteiger partial charge is 0.257 e. The molecule has 2 rings (SSSR count). The first kappa shape index (κ1) is 19.7. The molecule has 0 heterocycles. The number of nitrogens with one attached hydrogen (secondary N) is 2. The summed E-state index contributed by atoms with van der Waals surface area (Å²) < 4.78 is 11.2. The van der Waals surface area contributed by atoms with Gasteiger partial charge in [-0.1, -0.05) is 25.1 Å². The molecule has 0 spiro atoms. The molecule has 0 fully saturated rings. The second-order valence-electron chi connectivity index (χ2n) is 5.77. The van der Waals surface area contributed by atoms with Crippen LogP contribution < -0.4 is 20.1 Å². The molecule has 2 aromatic carbocycles. The zero-order chi connectivity index (χ0) is 18.8. The summed E-state index contributed by atoms with van der Waals surface area (Å²) in [4.78, 5) is 12.2. The molecule has 26 heavy (non-hydrogen) atoms. The molecule has 0 aliphatic rings. The van der Waals surface area contributed by atoms with Gasteiger partial charge in [0.15, 0.2) is 5.11 Å². The van der Waals surface area contributed by atoms with E-state index in [-0.39, 0.29) is 11.9 Å². The standard InChI is InChI=1S/C20H24N2O3S/c1-3-15(2)21-20(26)22-19(23)16-9-11-18(12-10-16)25-14-13-24-17-7-5-4-6-8-17/h4-12,15H,3,13-14H2,1-2H3,(H2,21,22,23,26). The van der Waals surface area contributed by atoms with Crippen LogP contribution >= 0.6 is 12.2 Å². The van der Waals surface area contributed by atoms with Gasteiger partial charge in [0.25, 0.3) is 5.91 Å². The van der Waals surface area contributed by atoms with Crippen LogP contribution in [-0.4, -0.2) is 30.3 Å². The summed E-state index contributed by atoms with van der Waals surface area (Å²) in [6, 6.07) is 16.7. The molecule has 0 radical (unpaired) electrons. The summed E-state index contributed by atoms with van der Waals surface area (Å²) >= 11 is 5.13. The Morgan fingerprint density at radius 1 is 1.00 bits per heavy atom. The van der Waals surface area contributed by atoms with Crippen molar-refractivity contribution >= 4 is 23.2 Å². The van der Waals surface area contributed by atoms with Crippen LogP contribution in [-0.2, 0) is 0 Å². The normalized spacial score (nSPS) is 11.3. The van der Waals surface area contributed by atoms with Crippen LogP contribution in [0.2, 0.25) is 0 Å². The first-order chi connectivity index (χ1) is 12.6. The summed E-state index contributed by atoms with van der Waals surface area (Å²) in [6.45, 7) is 4.92. The minimum Gasteiger partial charge on any atom is -0.490 e. The van der Waals surface area contributed by atoms with Gasteiger partial charge < -0.3 is 14.8 Å². The Bertz CT molecular complexity index is 705. The number of hydrogen-bond donors (Lipinski definition) is 2. The van der Waals surface area contributed by atoms with Crippen molar-refractivity contribution in [3.8, 4) is 11.5 Å². The SMILES string of the molecule is CCC(C)NC(=S)NC(=O)c1ccc(OCCOc2ccccc2)cc1. The van der Waals surface area contributed by atoms with Gasteiger partial charge in [0, 0.05) is 11.6 Å². The molecule has 5 nitrogen and oxygen atoms in total. The molecule has 1 unspecified atom stereocenters. The van der Waals surface area contributed by atoms with Crippen LogP contribution in [0.3, 0.4) is 0 Å². The van der Waals surface area contributed by atoms with Gasteiger partial charge in [-0.25, -0.2) is 0 Å². The highest BCUT2D eigenvalue weighted by Crippen LogP contribution is 2.13. The Balaban J connectivity index is 1.74. The van der Waals surface area contributed by atoms with E-state index in [1.54, 1.807) is 24.3 Å². The topological polar surface area (TPSA) is 59.6 Å². The van der Waals surface area contributed by atoms with Crippen molar-refractivity contribution in [1.29, 1.82) is 0 Å². The Labute approximate surface area is 159 Å². The molecule has 6 heteroatoms. The fraction of sp³-hybridized carbons (Fsp3) is 0.300. The largest absolute Gasteiger partial charge is 0.490 e. The van der Waals surface area contributed by atoms with Crippen molar-refractivity contribution in [2.45, 2.75) is 26.3 Å². The maximum Gasteiger partial charge on any atom is 0.257 e. The van der Waals surface area contributed by atoms with Crippen molar-refractivity contribution in [2.24, 2.45) is 0 Å². The third kappa shape index (κ3) is 6.72. The van der Waals surface area contributed by atoms with Gasteiger partial charge in [0.1, 0.15) is 24.7 Å². The molecule has 0 saturated heterocycles. The maximum atomic E-state index is 12.2. The number of para-hydroxylation sites is 1. The highest BCUT2D eigenvalue weighted by Gasteiger charge is 2.09. The molecule has 2 N–H and O–H groups in total. The number of carbonyl (C=O) groups is 1. The molecular weight excluding hydrogens is 348 g/mol. The first-order valence-corrected chi connectivity index (χ1v) is 9.02. The Morgan fingerprint density at radius 3 is 2.15 bits per heavy atom. The number of rotatable bonds is 8. The predicted octanol–water partition coefficient (Wildman–Crippen LogP) is 3.55. The molecule has 0 aliphatic heterocycles. The van der Waals surface area contributed by atoms with Crippen molar-refractivity contribution in [3.63, 3.8) is 0 Å². The first-order valence-electron chi connectivity index (χ1n) is 8.61. The zero-order valence-electron chi connectivity index (χ0n) is 15.0. The third-order valence-corrected chi connectivity index (χ3v) is 3.92. The summed E-state index contributed by atoms with van der Waals surface area (Å²) in [7, 11) is 0. The molecule has 0 bridgehead atoms. The molecule has 0 aromatic heterocycles. The number of hydrogen-bond acceptors (Lipinski definition) is 4. The van der Waals surface area contributed by atoms with Crippen LogP contribution in [0.1, 0.15) is 30.6 Å². The van der Waals surface area contributed by atoms with Gasteiger partial charge in [0.2, 0.25) is 0 Å². The zero-order valence-corrected chi connectivity index (χ0v) is 15.8. The highest BCUT2D eigenvalue weighted by molar-refractivity contribution is 7.80. The second-order valence-corrected chi connectivity index (χ2v) is 6.18. The average molecular weight is 372 g/mol. The minimum atomic E-state index is -0.246. The number of ether oxygens (including phenoxy) is 2. The predicted molar refractivity (Wildman–Crippen MR) is 107 cm³/mol. The van der Waals surface area contributed by atoms with Gasteiger partial charge in [-0.05, 0) is 62.0 Å². The maximum absolute atomic E-state index is 12.2. The van der Waals surface area contributed by atoms with E-state index in [1.807, 2.05) is 44.2 Å². The fourth-order valence-corrected chi connectivity index (χ4v) is 2.37. The van der Waals surface area contributed by atoms with Gasteiger partial charge in [-0.2, -0.15) is 0 Å². The van der Waals surface area contributed by atoms with E-state index in [9.17, 15) is 4.79 Å². The lowest BCUT2D eigenvalue weighted by Crippen LogP contribution is -2.43. The van der Waals surface area contributed by atoms with Crippen LogP contribution in [0.4, 0.5) is 0 Å². The van der Waals surface area contributed by atoms with Gasteiger partial charge >= 0.3 is 0 Å². The summed E-state index contributed by atoms with van der Waals surface area (Å²) in [5, 5.41) is 6.06. The lowest BCUT2D eigenvalue weighted by atomic mass is 10.2. The van der Waals surface area contributed by atoms with Crippen molar-refractivity contribution in [3.05, 3.63) is 60.2 Å². The number of carbonyl (C=O) groups excluding carboxylic acids is 1. The van der Waals surface area contributed by atoms with Gasteiger partial charge in [-0.3, -0.25) is 10.1 Å². The van der Waals surface area contributed by atoms with E-state index in [1.165, 1.54) is 0 Å². The van der Waals surface area contributed by atoms with Crippen molar-refractivity contribution in [2.75, 3.05) is 13.2 Å². The molecule has 1 atom stereocenters. The Morgan fingerprint density at radius 2 is 1.58 bits per heavy atom. The third-order valence-electron chi connectivity index (χ3n) is 3.70. The molecule has 2 aromatic rings. The molecule has 138 valence electrons. The lowest BCUT2D eigenvalue weighted by molar-refractivity contribution is 0.0976. The van der Waals surface area contributed by atoms with E-state index in [2.05, 4.69) is 10.6 Å². The molecular formula is C20H24N2O3S. The summed E-state index contributed by atoms with van der Waals surface area (Å²) in [5.41, 5.74) is 0.520. The molecule has 0 aliphatic carbocycles. The van der Waals surface area contributed by atoms with Crippen molar-refractivity contribution in [1.82, 2.24) is 10.6 Å². The minimum absolute atomic E-state index is 0.219. The fourth-order valence-electron chi connectivity index (χ4n) is 2.08. The average Bonchev–Trinajstić information content (AvgIpc) is 2.66. The van der Waals surface area contributed by atoms with Crippen LogP contribution in [0.5, 0.6) is 11.5 Å². The Kier molecular flexibility index (Phi) is 7.89. The highest BCUT2D eigenvalue weighted by atomic mass is 32.1. The number of thiocarbonyl (C=S) groups is 1. The van der Waals surface area contributed by atoms with E-state index in [4.69, 9.17) is 21.7 Å². The quantitative estimate of drug-likeness (QED) is 0.548. The van der Waals surface area contributed by atoms with Crippen LogP contribution in [0.15, 0.2) is 54.6 Å². The number of amides is 1. The van der Waals surface area contributed by atoms with Gasteiger partial charge in [-0.15, -0.1) is 0 Å². The van der Waals surface area contributed by atoms with E-state index < -0.39 is 0 Å².